The highest BCUT2D eigenvalue weighted by Crippen LogP contribution is 2.44. The van der Waals surface area contributed by atoms with Gasteiger partial charge in [0.1, 0.15) is 6.04 Å². The molecular formula is C36H33F6N3O6S3. The van der Waals surface area contributed by atoms with Gasteiger partial charge < -0.3 is 15.2 Å². The van der Waals surface area contributed by atoms with E-state index in [4.69, 9.17) is 4.74 Å². The number of benzene rings is 3. The number of Topliss-reactive ketones (excluding diaryl/α,β-unsaturated/α-hetero) is 1. The molecule has 5 aromatic rings. The summed E-state index contributed by atoms with van der Waals surface area (Å²) in [5.74, 6) is -4.43. The minimum absolute atomic E-state index is 0.186. The van der Waals surface area contributed by atoms with Gasteiger partial charge >= 0.3 is 18.4 Å². The zero-order chi connectivity index (χ0) is 39.3. The number of ether oxygens (including phenoxy) is 1. The predicted octanol–water partition coefficient (Wildman–Crippen LogP) is 8.20. The summed E-state index contributed by atoms with van der Waals surface area (Å²) in [5.41, 5.74) is 2.92. The molecule has 9 nitrogen and oxygen atoms in total. The fourth-order valence-corrected chi connectivity index (χ4v) is 9.73. The third-order valence-electron chi connectivity index (χ3n) is 8.62. The molecule has 0 saturated heterocycles. The second-order valence-corrected chi connectivity index (χ2v) is 16.0. The summed E-state index contributed by atoms with van der Waals surface area (Å²) in [6.07, 6.45) is -13.7. The fourth-order valence-electron chi connectivity index (χ4n) is 6.01. The van der Waals surface area contributed by atoms with E-state index in [9.17, 15) is 49.5 Å². The SMILES string of the molecule is COC(=O)N[C@H](C(=O)C[C@H](c1ccc([C@@H](CO)N(CCC(F)(F)F)S(=O)(=O)c2ccc3ncsc3c2)s1)C(F)(F)F)C(c1ccccc1)c1ccccc1. The number of nitrogens with one attached hydrogen (secondary N) is 1. The van der Waals surface area contributed by atoms with Crippen LogP contribution in [0, 0.1) is 0 Å². The van der Waals surface area contributed by atoms with Crippen molar-refractivity contribution < 1.29 is 54.2 Å². The molecule has 2 heterocycles. The number of carbonyl (C=O) groups is 2. The molecule has 18 heteroatoms. The number of fused-ring (bicyclic) bond motifs is 1. The monoisotopic (exact) mass is 813 g/mol. The summed E-state index contributed by atoms with van der Waals surface area (Å²) in [6, 6.07) is 19.3. The number of thiazole rings is 1. The zero-order valence-electron chi connectivity index (χ0n) is 28.3. The van der Waals surface area contributed by atoms with E-state index in [1.54, 1.807) is 60.7 Å². The molecular weight excluding hydrogens is 781 g/mol. The summed E-state index contributed by atoms with van der Waals surface area (Å²) in [4.78, 5) is 29.6. The molecule has 0 bridgehead atoms. The van der Waals surface area contributed by atoms with Crippen molar-refractivity contribution in [2.75, 3.05) is 20.3 Å². The number of aliphatic hydroxyl groups is 1. The van der Waals surface area contributed by atoms with Crippen LogP contribution in [0.25, 0.3) is 10.2 Å². The highest BCUT2D eigenvalue weighted by molar-refractivity contribution is 7.89. The van der Waals surface area contributed by atoms with Crippen LogP contribution in [0.4, 0.5) is 31.1 Å². The highest BCUT2D eigenvalue weighted by atomic mass is 32.2. The minimum atomic E-state index is -5.05. The molecule has 0 radical (unpaired) electrons. The Morgan fingerprint density at radius 1 is 0.907 bits per heavy atom. The van der Waals surface area contributed by atoms with E-state index in [2.05, 4.69) is 10.3 Å². The smallest absolute Gasteiger partial charge is 0.407 e. The van der Waals surface area contributed by atoms with Crippen LogP contribution in [0.15, 0.2) is 101 Å². The third-order valence-corrected chi connectivity index (χ3v) is 12.6. The van der Waals surface area contributed by atoms with Gasteiger partial charge in [-0.15, -0.1) is 22.7 Å². The van der Waals surface area contributed by atoms with Crippen LogP contribution in [-0.4, -0.2) is 73.3 Å². The third kappa shape index (κ3) is 9.65. The maximum atomic E-state index is 14.9. The molecule has 0 aliphatic carbocycles. The van der Waals surface area contributed by atoms with Gasteiger partial charge in [0.2, 0.25) is 10.0 Å². The topological polar surface area (TPSA) is 126 Å². The number of nitrogens with zero attached hydrogens (tertiary/aromatic N) is 2. The van der Waals surface area contributed by atoms with Gasteiger partial charge in [0.15, 0.2) is 5.78 Å². The predicted molar refractivity (Wildman–Crippen MR) is 191 cm³/mol. The first kappa shape index (κ1) is 40.8. The van der Waals surface area contributed by atoms with Gasteiger partial charge in [0.05, 0.1) is 52.7 Å². The molecule has 5 rings (SSSR count). The molecule has 1 amide bonds. The summed E-state index contributed by atoms with van der Waals surface area (Å²) < 4.78 is 118. The Morgan fingerprint density at radius 2 is 1.52 bits per heavy atom. The molecule has 0 aliphatic heterocycles. The quantitative estimate of drug-likeness (QED) is 0.102. The van der Waals surface area contributed by atoms with Crippen LogP contribution in [0.2, 0.25) is 0 Å². The van der Waals surface area contributed by atoms with E-state index in [-0.39, 0.29) is 4.88 Å². The first-order valence-corrected chi connectivity index (χ1v) is 19.3. The lowest BCUT2D eigenvalue weighted by Gasteiger charge is -2.30. The van der Waals surface area contributed by atoms with Gasteiger partial charge in [0.25, 0.3) is 0 Å². The molecule has 0 fully saturated rings. The number of methoxy groups -OCH3 is 1. The largest absolute Gasteiger partial charge is 0.453 e. The average molecular weight is 814 g/mol. The number of rotatable bonds is 15. The molecule has 2 aromatic heterocycles. The second-order valence-electron chi connectivity index (χ2n) is 12.1. The first-order chi connectivity index (χ1) is 25.5. The molecule has 0 aliphatic rings. The normalized spacial score (nSPS) is 14.3. The zero-order valence-corrected chi connectivity index (χ0v) is 30.7. The number of aromatic nitrogens is 1. The Balaban J connectivity index is 1.52. The Morgan fingerprint density at radius 3 is 2.07 bits per heavy atom. The Labute approximate surface area is 314 Å². The number of thiophene rings is 1. The maximum Gasteiger partial charge on any atom is 0.407 e. The van der Waals surface area contributed by atoms with Crippen molar-refractivity contribution in [2.24, 2.45) is 0 Å². The second kappa shape index (κ2) is 17.0. The van der Waals surface area contributed by atoms with E-state index < -0.39 is 93.9 Å². The minimum Gasteiger partial charge on any atom is -0.453 e. The number of sulfonamides is 1. The number of halogens is 6. The van der Waals surface area contributed by atoms with Gasteiger partial charge in [-0.25, -0.2) is 18.2 Å². The summed E-state index contributed by atoms with van der Waals surface area (Å²) in [6.45, 7) is -2.22. The number of ketones is 1. The molecule has 2 N–H and O–H groups in total. The maximum absolute atomic E-state index is 14.9. The van der Waals surface area contributed by atoms with Crippen molar-refractivity contribution >= 4 is 54.8 Å². The lowest BCUT2D eigenvalue weighted by molar-refractivity contribution is -0.156. The summed E-state index contributed by atoms with van der Waals surface area (Å²) >= 11 is 1.50. The number of alkyl carbamates (subject to hydrolysis) is 1. The lowest BCUT2D eigenvalue weighted by Crippen LogP contribution is -2.46. The van der Waals surface area contributed by atoms with Crippen LogP contribution in [0.3, 0.4) is 0 Å². The van der Waals surface area contributed by atoms with Crippen LogP contribution >= 0.6 is 22.7 Å². The van der Waals surface area contributed by atoms with Crippen LogP contribution in [0.5, 0.6) is 0 Å². The van der Waals surface area contributed by atoms with Crippen molar-refractivity contribution in [1.82, 2.24) is 14.6 Å². The van der Waals surface area contributed by atoms with Crippen LogP contribution in [0.1, 0.15) is 51.6 Å². The van der Waals surface area contributed by atoms with E-state index >= 15 is 0 Å². The number of hydrogen-bond acceptors (Lipinski definition) is 9. The number of alkyl halides is 6. The van der Waals surface area contributed by atoms with Gasteiger partial charge in [-0.3, -0.25) is 4.79 Å². The Bertz CT molecular complexity index is 2100. The highest BCUT2D eigenvalue weighted by Gasteiger charge is 2.46. The summed E-state index contributed by atoms with van der Waals surface area (Å²) in [5, 5.41) is 12.8. The van der Waals surface area contributed by atoms with E-state index in [0.29, 0.717) is 37.0 Å². The number of amides is 1. The lowest BCUT2D eigenvalue weighted by atomic mass is 9.81. The average Bonchev–Trinajstić information content (AvgIpc) is 3.81. The van der Waals surface area contributed by atoms with E-state index in [1.807, 2.05) is 0 Å². The first-order valence-electron chi connectivity index (χ1n) is 16.2. The van der Waals surface area contributed by atoms with Gasteiger partial charge in [-0.1, -0.05) is 60.7 Å². The standard InChI is InChI=1S/C36H33F6N3O6S3/c1-51-34(48)44-33(32(22-8-4-2-5-9-22)23-10-6-3-7-11-23)28(47)19-25(36(40,41)42)29-14-15-30(53-29)27(20-46)45(17-16-35(37,38)39)54(49,50)24-12-13-26-31(18-24)52-21-43-26/h2-15,18,21,25,27,32-33,46H,16-17,19-20H2,1H3,(H,44,48)/t25-,27-,33-/m1/s1. The van der Waals surface area contributed by atoms with Crippen molar-refractivity contribution in [1.29, 1.82) is 0 Å². The Hall–Kier alpha value is -4.36. The molecule has 54 heavy (non-hydrogen) atoms. The van der Waals surface area contributed by atoms with Crippen molar-refractivity contribution in [3.05, 3.63) is 117 Å². The molecule has 0 unspecified atom stereocenters. The Kier molecular flexibility index (Phi) is 12.8. The number of hydrogen-bond donors (Lipinski definition) is 2. The molecule has 288 valence electrons. The van der Waals surface area contributed by atoms with E-state index in [0.717, 1.165) is 36.6 Å². The molecule has 0 spiro atoms. The molecule has 3 aromatic carbocycles. The van der Waals surface area contributed by atoms with Gasteiger partial charge in [-0.05, 0) is 41.5 Å². The molecule has 3 atom stereocenters. The number of aliphatic hydroxyl groups excluding tert-OH is 1. The van der Waals surface area contributed by atoms with Crippen LogP contribution < -0.4 is 5.32 Å². The van der Waals surface area contributed by atoms with Crippen LogP contribution in [-0.2, 0) is 19.6 Å². The fraction of sp³-hybridized carbons (Fsp3) is 0.306. The van der Waals surface area contributed by atoms with Gasteiger partial charge in [0, 0.05) is 28.6 Å². The van der Waals surface area contributed by atoms with Crippen molar-refractivity contribution in [3.8, 4) is 0 Å². The number of carbonyl (C=O) groups excluding carboxylic acids is 2. The van der Waals surface area contributed by atoms with E-state index in [1.165, 1.54) is 17.6 Å². The van der Waals surface area contributed by atoms with Gasteiger partial charge in [-0.2, -0.15) is 30.6 Å². The van der Waals surface area contributed by atoms with Crippen molar-refractivity contribution in [3.63, 3.8) is 0 Å². The van der Waals surface area contributed by atoms with Crippen molar-refractivity contribution in [2.45, 2.75) is 54.0 Å². The summed E-state index contributed by atoms with van der Waals surface area (Å²) in [7, 11) is -3.73. The molecule has 0 saturated carbocycles.